The van der Waals surface area contributed by atoms with Gasteiger partial charge in [0.15, 0.2) is 0 Å². The first-order chi connectivity index (χ1) is 10.9. The maximum atomic E-state index is 12.2. The van der Waals surface area contributed by atoms with E-state index in [0.717, 1.165) is 31.6 Å². The molecular formula is C17H27F3O3. The number of alkyl halides is 3. The van der Waals surface area contributed by atoms with Crippen LogP contribution in [0.25, 0.3) is 0 Å². The van der Waals surface area contributed by atoms with Gasteiger partial charge >= 0.3 is 12.1 Å². The Hall–Kier alpha value is -0.780. The summed E-state index contributed by atoms with van der Waals surface area (Å²) in [6.07, 6.45) is 3.34. The fourth-order valence-electron chi connectivity index (χ4n) is 3.61. The summed E-state index contributed by atoms with van der Waals surface area (Å²) in [5.74, 6) is -0.849. The average molecular weight is 336 g/mol. The smallest absolute Gasteiger partial charge is 0.456 e. The maximum Gasteiger partial charge on any atom is 0.490 e. The predicted molar refractivity (Wildman–Crippen MR) is 79.9 cm³/mol. The number of esters is 1. The number of ether oxygens (including phenoxy) is 2. The Morgan fingerprint density at radius 2 is 1.43 bits per heavy atom. The molecule has 0 aliphatic heterocycles. The number of carbonyl (C=O) groups is 1. The van der Waals surface area contributed by atoms with Crippen molar-refractivity contribution in [3.63, 3.8) is 0 Å². The van der Waals surface area contributed by atoms with Gasteiger partial charge in [-0.1, -0.05) is 13.3 Å². The summed E-state index contributed by atoms with van der Waals surface area (Å²) in [6.45, 7) is 2.91. The highest BCUT2D eigenvalue weighted by molar-refractivity contribution is 5.75. The van der Waals surface area contributed by atoms with Crippen LogP contribution >= 0.6 is 0 Å². The van der Waals surface area contributed by atoms with Crippen LogP contribution in [0.15, 0.2) is 0 Å². The minimum atomic E-state index is -4.89. The minimum absolute atomic E-state index is 0.346. The highest BCUT2D eigenvalue weighted by Crippen LogP contribution is 2.31. The Bertz CT molecular complexity index is 368. The lowest BCUT2D eigenvalue weighted by Gasteiger charge is -2.32. The van der Waals surface area contributed by atoms with Gasteiger partial charge in [0.05, 0.1) is 6.10 Å². The Morgan fingerprint density at radius 3 is 1.96 bits per heavy atom. The Morgan fingerprint density at radius 1 is 0.913 bits per heavy atom. The van der Waals surface area contributed by atoms with Gasteiger partial charge in [0.25, 0.3) is 0 Å². The van der Waals surface area contributed by atoms with Crippen molar-refractivity contribution in [1.29, 1.82) is 0 Å². The van der Waals surface area contributed by atoms with Gasteiger partial charge < -0.3 is 9.47 Å². The van der Waals surface area contributed by atoms with E-state index in [1.54, 1.807) is 0 Å². The molecule has 2 aliphatic rings. The molecule has 0 heterocycles. The molecule has 2 saturated carbocycles. The van der Waals surface area contributed by atoms with Crippen molar-refractivity contribution in [3.8, 4) is 0 Å². The van der Waals surface area contributed by atoms with Crippen molar-refractivity contribution in [3.05, 3.63) is 0 Å². The van der Waals surface area contributed by atoms with Crippen LogP contribution in [0.2, 0.25) is 0 Å². The quantitative estimate of drug-likeness (QED) is 0.686. The van der Waals surface area contributed by atoms with Crippen molar-refractivity contribution >= 4 is 5.97 Å². The molecule has 2 fully saturated rings. The van der Waals surface area contributed by atoms with Crippen LogP contribution in [0, 0.1) is 11.8 Å². The van der Waals surface area contributed by atoms with Gasteiger partial charge in [-0.25, -0.2) is 4.79 Å². The molecule has 0 amide bonds. The molecule has 0 spiro atoms. The Labute approximate surface area is 135 Å². The molecule has 2 rings (SSSR count). The molecule has 0 aromatic rings. The Kier molecular flexibility index (Phi) is 6.74. The predicted octanol–water partition coefficient (Wildman–Crippen LogP) is 4.64. The molecule has 2 aliphatic carbocycles. The summed E-state index contributed by atoms with van der Waals surface area (Å²) < 4.78 is 47.0. The lowest BCUT2D eigenvalue weighted by Crippen LogP contribution is -2.33. The number of rotatable bonds is 5. The van der Waals surface area contributed by atoms with Gasteiger partial charge in [0, 0.05) is 6.61 Å². The van der Waals surface area contributed by atoms with Crippen molar-refractivity contribution in [2.75, 3.05) is 6.61 Å². The second-order valence-corrected chi connectivity index (χ2v) is 6.93. The van der Waals surface area contributed by atoms with Crippen LogP contribution in [0.1, 0.15) is 64.7 Å². The van der Waals surface area contributed by atoms with Crippen molar-refractivity contribution in [2.24, 2.45) is 11.8 Å². The van der Waals surface area contributed by atoms with Crippen LogP contribution in [0.3, 0.4) is 0 Å². The van der Waals surface area contributed by atoms with E-state index in [9.17, 15) is 18.0 Å². The third-order valence-corrected chi connectivity index (χ3v) is 5.24. The van der Waals surface area contributed by atoms with E-state index in [4.69, 9.17) is 4.74 Å². The van der Waals surface area contributed by atoms with Crippen LogP contribution in [-0.2, 0) is 14.3 Å². The molecule has 23 heavy (non-hydrogen) atoms. The van der Waals surface area contributed by atoms with Gasteiger partial charge in [-0.15, -0.1) is 0 Å². The molecule has 0 atom stereocenters. The summed E-state index contributed by atoms with van der Waals surface area (Å²) in [4.78, 5) is 10.8. The van der Waals surface area contributed by atoms with Crippen molar-refractivity contribution in [2.45, 2.75) is 83.1 Å². The second kappa shape index (κ2) is 8.36. The molecule has 3 nitrogen and oxygen atoms in total. The van der Waals surface area contributed by atoms with Gasteiger partial charge in [0.1, 0.15) is 6.10 Å². The first kappa shape index (κ1) is 18.6. The number of hydrogen-bond acceptors (Lipinski definition) is 3. The lowest BCUT2D eigenvalue weighted by atomic mass is 9.85. The summed E-state index contributed by atoms with van der Waals surface area (Å²) in [5, 5.41) is 0. The summed E-state index contributed by atoms with van der Waals surface area (Å²) in [5.41, 5.74) is 0. The van der Waals surface area contributed by atoms with E-state index in [0.29, 0.717) is 31.5 Å². The summed E-state index contributed by atoms with van der Waals surface area (Å²) in [7, 11) is 0. The first-order valence-electron chi connectivity index (χ1n) is 8.77. The zero-order valence-electron chi connectivity index (χ0n) is 13.7. The maximum absolute atomic E-state index is 12.2. The zero-order valence-corrected chi connectivity index (χ0v) is 13.7. The number of hydrogen-bond donors (Lipinski definition) is 0. The van der Waals surface area contributed by atoms with Crippen LogP contribution in [0.5, 0.6) is 0 Å². The van der Waals surface area contributed by atoms with Gasteiger partial charge in [0.2, 0.25) is 0 Å². The summed E-state index contributed by atoms with van der Waals surface area (Å²) in [6, 6.07) is 0. The third kappa shape index (κ3) is 5.98. The van der Waals surface area contributed by atoms with Crippen molar-refractivity contribution < 1.29 is 27.4 Å². The number of carbonyl (C=O) groups excluding carboxylic acids is 1. The molecule has 0 aromatic heterocycles. The third-order valence-electron chi connectivity index (χ3n) is 5.24. The van der Waals surface area contributed by atoms with E-state index in [1.807, 2.05) is 0 Å². The Balaban J connectivity index is 1.61. The largest absolute Gasteiger partial charge is 0.490 e. The van der Waals surface area contributed by atoms with E-state index < -0.39 is 18.2 Å². The van der Waals surface area contributed by atoms with E-state index in [1.165, 1.54) is 19.3 Å². The van der Waals surface area contributed by atoms with Crippen LogP contribution in [-0.4, -0.2) is 31.0 Å². The molecule has 0 bridgehead atoms. The second-order valence-electron chi connectivity index (χ2n) is 6.93. The highest BCUT2D eigenvalue weighted by Gasteiger charge is 2.42. The van der Waals surface area contributed by atoms with Gasteiger partial charge in [-0.05, 0) is 63.2 Å². The SMILES string of the molecule is CCC1CCC(OCC2CCC(OC(=O)C(F)(F)F)CC2)CC1. The van der Waals surface area contributed by atoms with E-state index in [-0.39, 0.29) is 0 Å². The standard InChI is InChI=1S/C17H27F3O3/c1-2-12-3-7-14(8-4-12)22-11-13-5-9-15(10-6-13)23-16(21)17(18,19)20/h12-15H,2-11H2,1H3. The summed E-state index contributed by atoms with van der Waals surface area (Å²) >= 11 is 0. The van der Waals surface area contributed by atoms with Crippen LogP contribution < -0.4 is 0 Å². The lowest BCUT2D eigenvalue weighted by molar-refractivity contribution is -0.206. The monoisotopic (exact) mass is 336 g/mol. The van der Waals surface area contributed by atoms with E-state index in [2.05, 4.69) is 11.7 Å². The molecule has 0 saturated heterocycles. The zero-order chi connectivity index (χ0) is 16.9. The molecule has 0 radical (unpaired) electrons. The van der Waals surface area contributed by atoms with Crippen molar-refractivity contribution in [1.82, 2.24) is 0 Å². The highest BCUT2D eigenvalue weighted by atomic mass is 19.4. The number of halogens is 3. The van der Waals surface area contributed by atoms with Gasteiger partial charge in [-0.3, -0.25) is 0 Å². The molecule has 6 heteroatoms. The fraction of sp³-hybridized carbons (Fsp3) is 0.941. The topological polar surface area (TPSA) is 35.5 Å². The van der Waals surface area contributed by atoms with Gasteiger partial charge in [-0.2, -0.15) is 13.2 Å². The molecule has 134 valence electrons. The average Bonchev–Trinajstić information content (AvgIpc) is 2.54. The molecular weight excluding hydrogens is 309 g/mol. The molecule has 0 unspecified atom stereocenters. The minimum Gasteiger partial charge on any atom is -0.456 e. The van der Waals surface area contributed by atoms with Crippen LogP contribution in [0.4, 0.5) is 13.2 Å². The normalized spacial score (nSPS) is 32.5. The molecule has 0 N–H and O–H groups in total. The fourth-order valence-corrected chi connectivity index (χ4v) is 3.61. The van der Waals surface area contributed by atoms with E-state index >= 15 is 0 Å². The molecule has 0 aromatic carbocycles. The first-order valence-corrected chi connectivity index (χ1v) is 8.77.